The van der Waals surface area contributed by atoms with Crippen molar-refractivity contribution in [2.24, 2.45) is 7.05 Å². The van der Waals surface area contributed by atoms with Crippen LogP contribution in [-0.2, 0) is 18.2 Å². The highest BCUT2D eigenvalue weighted by molar-refractivity contribution is 7.80. The number of methoxy groups -OCH3 is 1. The maximum atomic E-state index is 5.17. The first-order valence-electron chi connectivity index (χ1n) is 5.62. The fourth-order valence-corrected chi connectivity index (χ4v) is 1.79. The molecule has 1 heterocycles. The number of aromatic nitrogens is 2. The Hall–Kier alpha value is -1.14. The van der Waals surface area contributed by atoms with Crippen molar-refractivity contribution in [3.05, 3.63) is 18.0 Å². The Kier molecular flexibility index (Phi) is 5.93. The standard InChI is InChI=1S/C11H20N4OS/c1-9(8-16-3)14-11(17)12-5-4-10-6-13-15(2)7-10/h6-7,9H,4-5,8H2,1-3H3,(H2,12,14,17). The summed E-state index contributed by atoms with van der Waals surface area (Å²) in [5.41, 5.74) is 1.20. The van der Waals surface area contributed by atoms with E-state index in [1.54, 1.807) is 11.8 Å². The topological polar surface area (TPSA) is 51.1 Å². The van der Waals surface area contributed by atoms with E-state index in [4.69, 9.17) is 17.0 Å². The maximum Gasteiger partial charge on any atom is 0.166 e. The summed E-state index contributed by atoms with van der Waals surface area (Å²) < 4.78 is 6.82. The van der Waals surface area contributed by atoms with E-state index in [1.807, 2.05) is 26.4 Å². The van der Waals surface area contributed by atoms with Gasteiger partial charge in [-0.2, -0.15) is 5.10 Å². The Morgan fingerprint density at radius 2 is 2.41 bits per heavy atom. The predicted molar refractivity (Wildman–Crippen MR) is 72.0 cm³/mol. The zero-order valence-electron chi connectivity index (χ0n) is 10.6. The van der Waals surface area contributed by atoms with E-state index in [0.29, 0.717) is 11.7 Å². The Balaban J connectivity index is 2.16. The van der Waals surface area contributed by atoms with Crippen LogP contribution in [0.2, 0.25) is 0 Å². The first-order chi connectivity index (χ1) is 8.11. The zero-order valence-corrected chi connectivity index (χ0v) is 11.4. The van der Waals surface area contributed by atoms with E-state index < -0.39 is 0 Å². The molecule has 0 aliphatic carbocycles. The Labute approximate surface area is 108 Å². The quantitative estimate of drug-likeness (QED) is 0.724. The van der Waals surface area contributed by atoms with Crippen molar-refractivity contribution in [1.82, 2.24) is 20.4 Å². The van der Waals surface area contributed by atoms with Crippen molar-refractivity contribution in [1.29, 1.82) is 0 Å². The van der Waals surface area contributed by atoms with Gasteiger partial charge in [0.1, 0.15) is 0 Å². The number of rotatable bonds is 6. The van der Waals surface area contributed by atoms with Crippen LogP contribution < -0.4 is 10.6 Å². The number of hydrogen-bond acceptors (Lipinski definition) is 3. The molecule has 0 fully saturated rings. The molecule has 0 saturated heterocycles. The van der Waals surface area contributed by atoms with Crippen molar-refractivity contribution in [2.45, 2.75) is 19.4 Å². The van der Waals surface area contributed by atoms with Crippen LogP contribution in [0.25, 0.3) is 0 Å². The molecule has 1 rings (SSSR count). The van der Waals surface area contributed by atoms with Crippen LogP contribution in [0.1, 0.15) is 12.5 Å². The fraction of sp³-hybridized carbons (Fsp3) is 0.636. The predicted octanol–water partition coefficient (Wildman–Crippen LogP) is 0.462. The van der Waals surface area contributed by atoms with Crippen molar-refractivity contribution in [3.8, 4) is 0 Å². The molecule has 0 spiro atoms. The lowest BCUT2D eigenvalue weighted by Gasteiger charge is -2.15. The second-order valence-corrected chi connectivity index (χ2v) is 4.44. The first kappa shape index (κ1) is 13.9. The fourth-order valence-electron chi connectivity index (χ4n) is 1.49. The van der Waals surface area contributed by atoms with Gasteiger partial charge in [-0.3, -0.25) is 4.68 Å². The van der Waals surface area contributed by atoms with E-state index in [-0.39, 0.29) is 6.04 Å². The highest BCUT2D eigenvalue weighted by Gasteiger charge is 2.03. The van der Waals surface area contributed by atoms with Gasteiger partial charge in [0, 0.05) is 32.9 Å². The van der Waals surface area contributed by atoms with Crippen LogP contribution in [0.4, 0.5) is 0 Å². The molecule has 1 aromatic heterocycles. The normalized spacial score (nSPS) is 12.2. The van der Waals surface area contributed by atoms with E-state index in [1.165, 1.54) is 5.56 Å². The Morgan fingerprint density at radius 1 is 1.65 bits per heavy atom. The highest BCUT2D eigenvalue weighted by Crippen LogP contribution is 1.95. The van der Waals surface area contributed by atoms with Crippen molar-refractivity contribution < 1.29 is 4.74 Å². The van der Waals surface area contributed by atoms with Crippen LogP contribution in [-0.4, -0.2) is 41.2 Å². The molecule has 0 saturated carbocycles. The van der Waals surface area contributed by atoms with Crippen LogP contribution in [0.5, 0.6) is 0 Å². The molecule has 6 heteroatoms. The van der Waals surface area contributed by atoms with Crippen LogP contribution in [0.3, 0.4) is 0 Å². The molecule has 2 N–H and O–H groups in total. The average molecular weight is 256 g/mol. The summed E-state index contributed by atoms with van der Waals surface area (Å²) in [5.74, 6) is 0. The van der Waals surface area contributed by atoms with Crippen LogP contribution >= 0.6 is 12.2 Å². The van der Waals surface area contributed by atoms with Gasteiger partial charge in [0.2, 0.25) is 0 Å². The molecule has 17 heavy (non-hydrogen) atoms. The molecule has 0 radical (unpaired) electrons. The van der Waals surface area contributed by atoms with Gasteiger partial charge in [-0.25, -0.2) is 0 Å². The van der Waals surface area contributed by atoms with Crippen molar-refractivity contribution >= 4 is 17.3 Å². The molecule has 1 atom stereocenters. The molecular weight excluding hydrogens is 236 g/mol. The third-order valence-electron chi connectivity index (χ3n) is 2.25. The average Bonchev–Trinajstić information content (AvgIpc) is 2.64. The van der Waals surface area contributed by atoms with E-state index >= 15 is 0 Å². The lowest BCUT2D eigenvalue weighted by molar-refractivity contribution is 0.179. The van der Waals surface area contributed by atoms with Crippen LogP contribution in [0.15, 0.2) is 12.4 Å². The van der Waals surface area contributed by atoms with Gasteiger partial charge in [0.15, 0.2) is 5.11 Å². The van der Waals surface area contributed by atoms with Gasteiger partial charge in [0.05, 0.1) is 12.8 Å². The number of aryl methyl sites for hydroxylation is 1. The molecule has 0 aliphatic rings. The summed E-state index contributed by atoms with van der Waals surface area (Å²) in [6.45, 7) is 3.47. The molecule has 96 valence electrons. The number of thiocarbonyl (C=S) groups is 1. The molecule has 0 bridgehead atoms. The van der Waals surface area contributed by atoms with Gasteiger partial charge in [0.25, 0.3) is 0 Å². The summed E-state index contributed by atoms with van der Waals surface area (Å²) in [4.78, 5) is 0. The monoisotopic (exact) mass is 256 g/mol. The lowest BCUT2D eigenvalue weighted by atomic mass is 10.2. The molecule has 0 aliphatic heterocycles. The summed E-state index contributed by atoms with van der Waals surface area (Å²) in [7, 11) is 3.59. The molecule has 5 nitrogen and oxygen atoms in total. The van der Waals surface area contributed by atoms with Gasteiger partial charge in [-0.05, 0) is 31.1 Å². The molecule has 1 aromatic rings. The molecule has 1 unspecified atom stereocenters. The molecule has 0 aromatic carbocycles. The smallest absolute Gasteiger partial charge is 0.166 e. The van der Waals surface area contributed by atoms with Gasteiger partial charge >= 0.3 is 0 Å². The minimum absolute atomic E-state index is 0.221. The second kappa shape index (κ2) is 7.24. The Morgan fingerprint density at radius 3 is 3.00 bits per heavy atom. The number of hydrogen-bond donors (Lipinski definition) is 2. The first-order valence-corrected chi connectivity index (χ1v) is 6.03. The molecular formula is C11H20N4OS. The van der Waals surface area contributed by atoms with Gasteiger partial charge in [-0.15, -0.1) is 0 Å². The third kappa shape index (κ3) is 5.65. The summed E-state index contributed by atoms with van der Waals surface area (Å²) in [6.07, 6.45) is 4.78. The van der Waals surface area contributed by atoms with Crippen molar-refractivity contribution in [2.75, 3.05) is 20.3 Å². The third-order valence-corrected chi connectivity index (χ3v) is 2.51. The zero-order chi connectivity index (χ0) is 12.7. The number of nitrogens with one attached hydrogen (secondary N) is 2. The second-order valence-electron chi connectivity index (χ2n) is 4.03. The lowest BCUT2D eigenvalue weighted by Crippen LogP contribution is -2.43. The van der Waals surface area contributed by atoms with Gasteiger partial charge < -0.3 is 15.4 Å². The van der Waals surface area contributed by atoms with Crippen molar-refractivity contribution in [3.63, 3.8) is 0 Å². The van der Waals surface area contributed by atoms with Gasteiger partial charge in [-0.1, -0.05) is 0 Å². The summed E-state index contributed by atoms with van der Waals surface area (Å²) in [6, 6.07) is 0.221. The highest BCUT2D eigenvalue weighted by atomic mass is 32.1. The van der Waals surface area contributed by atoms with E-state index in [0.717, 1.165) is 13.0 Å². The minimum atomic E-state index is 0.221. The largest absolute Gasteiger partial charge is 0.383 e. The van der Waals surface area contributed by atoms with Crippen LogP contribution in [0, 0.1) is 0 Å². The van der Waals surface area contributed by atoms with E-state index in [9.17, 15) is 0 Å². The minimum Gasteiger partial charge on any atom is -0.383 e. The summed E-state index contributed by atoms with van der Waals surface area (Å²) >= 11 is 5.17. The number of nitrogens with zero attached hydrogens (tertiary/aromatic N) is 2. The molecule has 0 amide bonds. The summed E-state index contributed by atoms with van der Waals surface area (Å²) in [5, 5.41) is 11.1. The van der Waals surface area contributed by atoms with E-state index in [2.05, 4.69) is 15.7 Å². The Bertz CT molecular complexity index is 353. The SMILES string of the molecule is COCC(C)NC(=S)NCCc1cnn(C)c1. The maximum absolute atomic E-state index is 5.17. The number of ether oxygens (including phenoxy) is 1.